The molecule has 2 aliphatic heterocycles. The van der Waals surface area contributed by atoms with E-state index in [-0.39, 0.29) is 11.8 Å². The van der Waals surface area contributed by atoms with Gasteiger partial charge in [-0.25, -0.2) is 0 Å². The fourth-order valence-electron chi connectivity index (χ4n) is 5.18. The SMILES string of the molecule is O=C(Nc1[nH]nc2c1CN(C(=O)Cc1ccc(OCCN3CCCC3)cc1)C2)c1ccc(Oc2ccccc2)cc1. The van der Waals surface area contributed by atoms with Crippen LogP contribution in [0, 0.1) is 0 Å². The number of aromatic nitrogens is 2. The quantitative estimate of drug-likeness (QED) is 0.287. The molecule has 0 bridgehead atoms. The first kappa shape index (κ1) is 26.6. The summed E-state index contributed by atoms with van der Waals surface area (Å²) < 4.78 is 11.7. The van der Waals surface area contributed by atoms with Crippen LogP contribution in [0.5, 0.6) is 17.2 Å². The van der Waals surface area contributed by atoms with Crippen LogP contribution in [0.15, 0.2) is 78.9 Å². The monoisotopic (exact) mass is 551 g/mol. The highest BCUT2D eigenvalue weighted by Crippen LogP contribution is 2.28. The standard InChI is InChI=1S/C32H33N5O4/c38-30(20-23-8-12-25(13-9-23)40-19-18-36-16-4-5-17-36)37-21-28-29(22-37)34-35-31(28)33-32(39)24-10-14-27(15-11-24)41-26-6-2-1-3-7-26/h1-3,6-15H,4-5,16-22H2,(H2,33,34,35,39). The van der Waals surface area contributed by atoms with Gasteiger partial charge in [-0.2, -0.15) is 5.10 Å². The molecule has 2 amide bonds. The Morgan fingerprint density at radius 1 is 0.854 bits per heavy atom. The number of aromatic amines is 1. The molecule has 9 nitrogen and oxygen atoms in total. The van der Waals surface area contributed by atoms with Crippen molar-refractivity contribution in [2.75, 3.05) is 31.6 Å². The van der Waals surface area contributed by atoms with E-state index in [1.807, 2.05) is 54.6 Å². The maximum absolute atomic E-state index is 13.1. The second-order valence-electron chi connectivity index (χ2n) is 10.4. The van der Waals surface area contributed by atoms with E-state index in [0.717, 1.165) is 48.0 Å². The summed E-state index contributed by atoms with van der Waals surface area (Å²) in [4.78, 5) is 30.1. The zero-order chi connectivity index (χ0) is 28.0. The maximum Gasteiger partial charge on any atom is 0.256 e. The summed E-state index contributed by atoms with van der Waals surface area (Å²) in [5.41, 5.74) is 3.02. The number of anilines is 1. The molecule has 2 aliphatic rings. The van der Waals surface area contributed by atoms with E-state index in [1.165, 1.54) is 12.8 Å². The number of nitrogens with zero attached hydrogens (tertiary/aromatic N) is 3. The first-order chi connectivity index (χ1) is 20.1. The number of nitrogens with one attached hydrogen (secondary N) is 2. The van der Waals surface area contributed by atoms with Gasteiger partial charge in [0.25, 0.3) is 5.91 Å². The van der Waals surface area contributed by atoms with E-state index in [0.29, 0.717) is 43.2 Å². The Kier molecular flexibility index (Phi) is 7.95. The molecule has 1 fully saturated rings. The summed E-state index contributed by atoms with van der Waals surface area (Å²) in [5.74, 6) is 2.45. The molecular weight excluding hydrogens is 518 g/mol. The number of carbonyl (C=O) groups excluding carboxylic acids is 2. The summed E-state index contributed by atoms with van der Waals surface area (Å²) in [6, 6.07) is 24.1. The number of likely N-dealkylation sites (tertiary alicyclic amines) is 1. The number of benzene rings is 3. The van der Waals surface area contributed by atoms with Crippen LogP contribution in [-0.4, -0.2) is 58.1 Å². The average molecular weight is 552 g/mol. The normalized spacial score (nSPS) is 14.6. The van der Waals surface area contributed by atoms with Crippen LogP contribution in [-0.2, 0) is 24.3 Å². The highest BCUT2D eigenvalue weighted by Gasteiger charge is 2.29. The zero-order valence-electron chi connectivity index (χ0n) is 22.8. The van der Waals surface area contributed by atoms with Crippen molar-refractivity contribution >= 4 is 17.6 Å². The van der Waals surface area contributed by atoms with E-state index in [4.69, 9.17) is 9.47 Å². The van der Waals surface area contributed by atoms with Crippen LogP contribution in [0.25, 0.3) is 0 Å². The zero-order valence-corrected chi connectivity index (χ0v) is 22.8. The van der Waals surface area contributed by atoms with Crippen molar-refractivity contribution in [1.82, 2.24) is 20.0 Å². The smallest absolute Gasteiger partial charge is 0.256 e. The van der Waals surface area contributed by atoms with Gasteiger partial charge in [0.1, 0.15) is 29.7 Å². The Morgan fingerprint density at radius 3 is 2.32 bits per heavy atom. The average Bonchev–Trinajstić information content (AvgIpc) is 3.74. The molecule has 41 heavy (non-hydrogen) atoms. The predicted octanol–water partition coefficient (Wildman–Crippen LogP) is 5.01. The van der Waals surface area contributed by atoms with Gasteiger partial charge >= 0.3 is 0 Å². The molecule has 0 unspecified atom stereocenters. The summed E-state index contributed by atoms with van der Waals surface area (Å²) >= 11 is 0. The van der Waals surface area contributed by atoms with E-state index in [2.05, 4.69) is 20.4 Å². The number of amides is 2. The summed E-state index contributed by atoms with van der Waals surface area (Å²) in [6.45, 7) is 4.73. The molecule has 0 spiro atoms. The first-order valence-electron chi connectivity index (χ1n) is 14.0. The van der Waals surface area contributed by atoms with Gasteiger partial charge in [-0.3, -0.25) is 19.6 Å². The van der Waals surface area contributed by atoms with Crippen LogP contribution in [0.4, 0.5) is 5.82 Å². The predicted molar refractivity (Wildman–Crippen MR) is 155 cm³/mol. The Morgan fingerprint density at radius 2 is 1.56 bits per heavy atom. The van der Waals surface area contributed by atoms with Crippen molar-refractivity contribution in [3.05, 3.63) is 101 Å². The van der Waals surface area contributed by atoms with Gasteiger partial charge in [-0.15, -0.1) is 0 Å². The molecular formula is C32H33N5O4. The number of para-hydroxylation sites is 1. The van der Waals surface area contributed by atoms with Gasteiger partial charge in [0.05, 0.1) is 25.2 Å². The maximum atomic E-state index is 13.1. The number of H-pyrrole nitrogens is 1. The fraction of sp³-hybridized carbons (Fsp3) is 0.281. The van der Waals surface area contributed by atoms with Crippen molar-refractivity contribution in [2.45, 2.75) is 32.4 Å². The minimum Gasteiger partial charge on any atom is -0.492 e. The lowest BCUT2D eigenvalue weighted by Gasteiger charge is -2.16. The van der Waals surface area contributed by atoms with Gasteiger partial charge in [0.2, 0.25) is 5.91 Å². The van der Waals surface area contributed by atoms with Gasteiger partial charge < -0.3 is 19.7 Å². The molecule has 210 valence electrons. The third-order valence-corrected chi connectivity index (χ3v) is 7.48. The Hall–Kier alpha value is -4.63. The molecule has 0 radical (unpaired) electrons. The minimum absolute atomic E-state index is 0.0111. The molecule has 3 heterocycles. The Labute approximate surface area is 239 Å². The van der Waals surface area contributed by atoms with E-state index >= 15 is 0 Å². The number of ether oxygens (including phenoxy) is 2. The topological polar surface area (TPSA) is 99.8 Å². The Balaban J connectivity index is 0.992. The third-order valence-electron chi connectivity index (χ3n) is 7.48. The molecule has 0 atom stereocenters. The fourth-order valence-corrected chi connectivity index (χ4v) is 5.18. The molecule has 3 aromatic carbocycles. The lowest BCUT2D eigenvalue weighted by atomic mass is 10.1. The van der Waals surface area contributed by atoms with Crippen molar-refractivity contribution in [1.29, 1.82) is 0 Å². The molecule has 4 aromatic rings. The van der Waals surface area contributed by atoms with Gasteiger partial charge in [-0.05, 0) is 80.0 Å². The van der Waals surface area contributed by atoms with Gasteiger partial charge in [0, 0.05) is 17.7 Å². The van der Waals surface area contributed by atoms with Crippen molar-refractivity contribution < 1.29 is 19.1 Å². The molecule has 0 saturated carbocycles. The van der Waals surface area contributed by atoms with Crippen LogP contribution in [0.2, 0.25) is 0 Å². The van der Waals surface area contributed by atoms with Crippen molar-refractivity contribution in [3.63, 3.8) is 0 Å². The van der Waals surface area contributed by atoms with Crippen molar-refractivity contribution in [3.8, 4) is 17.2 Å². The van der Waals surface area contributed by atoms with Gasteiger partial charge in [-0.1, -0.05) is 30.3 Å². The summed E-state index contributed by atoms with van der Waals surface area (Å²) in [6.07, 6.45) is 2.84. The number of carbonyl (C=O) groups is 2. The third kappa shape index (κ3) is 6.58. The molecule has 9 heteroatoms. The van der Waals surface area contributed by atoms with E-state index in [9.17, 15) is 9.59 Å². The van der Waals surface area contributed by atoms with Crippen LogP contribution < -0.4 is 14.8 Å². The number of hydrogen-bond acceptors (Lipinski definition) is 6. The first-order valence-corrected chi connectivity index (χ1v) is 14.0. The van der Waals surface area contributed by atoms with Crippen molar-refractivity contribution in [2.24, 2.45) is 0 Å². The highest BCUT2D eigenvalue weighted by atomic mass is 16.5. The second-order valence-corrected chi connectivity index (χ2v) is 10.4. The van der Waals surface area contributed by atoms with Crippen LogP contribution in [0.3, 0.4) is 0 Å². The Bertz CT molecular complexity index is 1480. The lowest BCUT2D eigenvalue weighted by molar-refractivity contribution is -0.131. The summed E-state index contributed by atoms with van der Waals surface area (Å²) in [7, 11) is 0. The van der Waals surface area contributed by atoms with Crippen LogP contribution >= 0.6 is 0 Å². The molecule has 0 aliphatic carbocycles. The van der Waals surface area contributed by atoms with Gasteiger partial charge in [0.15, 0.2) is 0 Å². The van der Waals surface area contributed by atoms with Crippen LogP contribution in [0.1, 0.15) is 40.0 Å². The minimum atomic E-state index is -0.268. The van der Waals surface area contributed by atoms with E-state index < -0.39 is 0 Å². The summed E-state index contributed by atoms with van der Waals surface area (Å²) in [5, 5.41) is 10.2. The second kappa shape index (κ2) is 12.3. The molecule has 1 saturated heterocycles. The molecule has 6 rings (SSSR count). The van der Waals surface area contributed by atoms with E-state index in [1.54, 1.807) is 29.2 Å². The highest BCUT2D eigenvalue weighted by molar-refractivity contribution is 6.04. The number of fused-ring (bicyclic) bond motifs is 1. The lowest BCUT2D eigenvalue weighted by Crippen LogP contribution is -2.27. The number of hydrogen-bond donors (Lipinski definition) is 2. The number of rotatable bonds is 10. The largest absolute Gasteiger partial charge is 0.492 e. The molecule has 1 aromatic heterocycles. The molecule has 2 N–H and O–H groups in total.